The second-order valence-electron chi connectivity index (χ2n) is 8.47. The van der Waals surface area contributed by atoms with Crippen molar-refractivity contribution in [1.29, 1.82) is 0 Å². The molecular formula is C30H34BrFI6N3O8S-. The van der Waals surface area contributed by atoms with Crippen molar-refractivity contribution in [2.45, 2.75) is 35.1 Å². The smallest absolute Gasteiger partial charge is 0.0194 e. The van der Waals surface area contributed by atoms with E-state index in [1.807, 2.05) is 31.2 Å². The first-order valence-electron chi connectivity index (χ1n) is 13.9. The normalized spacial score (nSPS) is 9.16. The fraction of sp³-hybridized carbons (Fsp3) is 0.233. The minimum Gasteiger partial charge on any atom is -0.0776 e. The Balaban J connectivity index is -0.000000684. The third-order valence-corrected chi connectivity index (χ3v) is 6.32. The predicted octanol–water partition coefficient (Wildman–Crippen LogP) is 8.12. The molecule has 4 aromatic heterocycles. The van der Waals surface area contributed by atoms with Crippen LogP contribution in [0.1, 0.15) is 33.0 Å². The monoisotopic (exact) mass is 1460 g/mol. The maximum Gasteiger partial charge on any atom is 0.0194 e. The predicted molar refractivity (Wildman–Crippen MR) is 245 cm³/mol. The summed E-state index contributed by atoms with van der Waals surface area (Å²) < 4.78 is 31.2. The van der Waals surface area contributed by atoms with E-state index in [4.69, 9.17) is 10.9 Å². The molecule has 0 radical (unpaired) electrons. The SMILES string of the molecule is CCNC(=O)Nc1nc2cc(-c3cc(C)oc(=O)c3)ccc2s1.CF.Cc1cc(Br)cc(=O)o1.Cc1cc(O)cc(=O)o1.I.II.I[I-]I.[2H]C. The van der Waals surface area contributed by atoms with Crippen molar-refractivity contribution >= 4 is 147 Å². The average molecular weight is 1460 g/mol. The van der Waals surface area contributed by atoms with Crippen molar-refractivity contribution in [3.05, 3.63) is 108 Å². The Morgan fingerprint density at radius 1 is 0.920 bits per heavy atom. The zero-order chi connectivity index (χ0) is 38.8. The zero-order valence-corrected chi connectivity index (χ0v) is 42.6. The molecule has 0 unspecified atom stereocenters. The molecule has 0 spiro atoms. The molecule has 5 aromatic rings. The Morgan fingerprint density at radius 2 is 1.42 bits per heavy atom. The van der Waals surface area contributed by atoms with Crippen LogP contribution < -0.4 is 40.8 Å². The van der Waals surface area contributed by atoms with E-state index in [9.17, 15) is 23.6 Å². The number of nitrogens with one attached hydrogen (secondary N) is 2. The Hall–Kier alpha value is -0.180. The van der Waals surface area contributed by atoms with Crippen LogP contribution in [-0.4, -0.2) is 29.8 Å². The van der Waals surface area contributed by atoms with Gasteiger partial charge in [0.2, 0.25) is 0 Å². The number of carbonyl (C=O) groups is 1. The van der Waals surface area contributed by atoms with Crippen LogP contribution in [-0.2, 0) is 0 Å². The summed E-state index contributed by atoms with van der Waals surface area (Å²) in [6.07, 6.45) is 0. The van der Waals surface area contributed by atoms with Gasteiger partial charge in [-0.1, -0.05) is 40.7 Å². The molecule has 0 bridgehead atoms. The van der Waals surface area contributed by atoms with Crippen LogP contribution in [0.4, 0.5) is 14.3 Å². The molecule has 0 saturated carbocycles. The standard InChI is InChI=1S/C16H15N3O3S.C6H5BrO2.C6H6O3.CH3F.CH4.I3.I2.HI/c1-3-17-15(21)19-16-18-12-7-10(4-5-13(12)23-16)11-6-9(2)22-14(20)8-11;2*1-4-2-5(7)3-6(8)9-4;1-2;;1-3-2;1-2;/h4-8H,3H2,1-2H3,(H2,17,18,19,21);2-3H,1H3;2-3,7H,1H3;1H3;1H4;;;1H/q;;;;;-1;;/i;;;;1D;;;. The Bertz CT molecular complexity index is 1800. The minimum atomic E-state index is -0.521. The van der Waals surface area contributed by atoms with Gasteiger partial charge in [-0.3, -0.25) is 9.71 Å². The van der Waals surface area contributed by atoms with E-state index in [1.54, 1.807) is 26.8 Å². The van der Waals surface area contributed by atoms with Gasteiger partial charge in [0.25, 0.3) is 0 Å². The summed E-state index contributed by atoms with van der Waals surface area (Å²) in [5.41, 5.74) is 1.21. The topological polar surface area (TPSA) is 165 Å². The Morgan fingerprint density at radius 3 is 1.88 bits per heavy atom. The number of hydrogen-bond donors (Lipinski definition) is 3. The molecule has 0 aliphatic heterocycles. The maximum absolute atomic E-state index is 11.6. The van der Waals surface area contributed by atoms with Gasteiger partial charge in [0, 0.05) is 67.8 Å². The Kier molecular flexibility index (Phi) is 32.4. The molecule has 11 nitrogen and oxygen atoms in total. The van der Waals surface area contributed by atoms with Gasteiger partial charge in [-0.15, -0.1) is 24.0 Å². The van der Waals surface area contributed by atoms with E-state index in [2.05, 4.69) is 115 Å². The molecule has 4 heterocycles. The van der Waals surface area contributed by atoms with Crippen LogP contribution in [0, 0.1) is 20.8 Å². The largest absolute Gasteiger partial charge is 0.0776 e. The van der Waals surface area contributed by atoms with Crippen LogP contribution in [0.25, 0.3) is 21.3 Å². The van der Waals surface area contributed by atoms with Crippen LogP contribution >= 0.6 is 126 Å². The van der Waals surface area contributed by atoms with Gasteiger partial charge in [0.05, 0.1) is 23.5 Å². The number of alkyl halides is 1. The molecule has 0 saturated heterocycles. The number of amides is 2. The molecule has 50 heavy (non-hydrogen) atoms. The zero-order valence-electron chi connectivity index (χ0n) is 28.1. The van der Waals surface area contributed by atoms with Crippen LogP contribution in [0.3, 0.4) is 0 Å². The fourth-order valence-electron chi connectivity index (χ4n) is 3.39. The van der Waals surface area contributed by atoms with Gasteiger partial charge in [-0.25, -0.2) is 24.2 Å². The first kappa shape index (κ1) is 51.9. The maximum atomic E-state index is 11.6. The number of rotatable bonds is 3. The molecule has 2 amide bonds. The number of benzene rings is 1. The van der Waals surface area contributed by atoms with Crippen LogP contribution in [0.15, 0.2) is 86.7 Å². The summed E-state index contributed by atoms with van der Waals surface area (Å²) in [6, 6.07) is 14.2. The van der Waals surface area contributed by atoms with Crippen molar-refractivity contribution in [1.82, 2.24) is 10.3 Å². The molecule has 5 rings (SSSR count). The van der Waals surface area contributed by atoms with Gasteiger partial charge in [-0.2, -0.15) is 0 Å². The van der Waals surface area contributed by atoms with Crippen molar-refractivity contribution < 1.29 is 42.2 Å². The van der Waals surface area contributed by atoms with Gasteiger partial charge >= 0.3 is 73.4 Å². The first-order valence-corrected chi connectivity index (χ1v) is 33.3. The van der Waals surface area contributed by atoms with Crippen molar-refractivity contribution in [3.8, 4) is 16.9 Å². The molecule has 0 fully saturated rings. The quantitative estimate of drug-likeness (QED) is 0.152. The van der Waals surface area contributed by atoms with Gasteiger partial charge in [-0.05, 0) is 63.1 Å². The van der Waals surface area contributed by atoms with Crippen LogP contribution in [0.5, 0.6) is 5.75 Å². The number of aromatic nitrogens is 1. The number of nitrogens with zero attached hydrogens (tertiary/aromatic N) is 1. The molecule has 1 aromatic carbocycles. The van der Waals surface area contributed by atoms with Gasteiger partial charge in [0.1, 0.15) is 23.0 Å². The summed E-state index contributed by atoms with van der Waals surface area (Å²) in [4.78, 5) is 48.4. The van der Waals surface area contributed by atoms with E-state index in [0.29, 0.717) is 49.4 Å². The third kappa shape index (κ3) is 22.8. The molecular weight excluding hydrogens is 1420 g/mol. The van der Waals surface area contributed by atoms with Crippen molar-refractivity contribution in [2.75, 3.05) is 19.0 Å². The molecule has 280 valence electrons. The number of aromatic hydroxyl groups is 1. The Labute approximate surface area is 372 Å². The van der Waals surface area contributed by atoms with E-state index < -0.39 is 5.63 Å². The summed E-state index contributed by atoms with van der Waals surface area (Å²) in [5, 5.41) is 14.6. The summed E-state index contributed by atoms with van der Waals surface area (Å²) in [6.45, 7) is 7.47. The van der Waals surface area contributed by atoms with Gasteiger partial charge in [0.15, 0.2) is 5.13 Å². The second kappa shape index (κ2) is 31.2. The molecule has 3 N–H and O–H groups in total. The summed E-state index contributed by atoms with van der Waals surface area (Å²) >= 11 is 14.1. The average Bonchev–Trinajstić information content (AvgIpc) is 3.45. The van der Waals surface area contributed by atoms with E-state index >= 15 is 0 Å². The molecule has 20 heteroatoms. The number of carbonyl (C=O) groups excluding carboxylic acids is 1. The number of halogens is 8. The van der Waals surface area contributed by atoms with Crippen molar-refractivity contribution in [3.63, 3.8) is 0 Å². The summed E-state index contributed by atoms with van der Waals surface area (Å²) in [5.74, 6) is 1.54. The van der Waals surface area contributed by atoms with Gasteiger partial charge < -0.3 is 23.7 Å². The first-order chi connectivity index (χ1) is 23.8. The molecule has 0 aliphatic carbocycles. The number of fused-ring (bicyclic) bond motifs is 1. The van der Waals surface area contributed by atoms with E-state index in [-0.39, 0.29) is 47.0 Å². The second-order valence-corrected chi connectivity index (χ2v) is 26.7. The third-order valence-electron chi connectivity index (χ3n) is 4.91. The van der Waals surface area contributed by atoms with E-state index in [0.717, 1.165) is 31.9 Å². The number of thiazole rings is 1. The fourth-order valence-corrected chi connectivity index (χ4v) is 4.74. The number of urea groups is 1. The summed E-state index contributed by atoms with van der Waals surface area (Å²) in [7, 11) is 1.75. The van der Waals surface area contributed by atoms with Crippen molar-refractivity contribution in [2.24, 2.45) is 0 Å². The number of anilines is 1. The van der Waals surface area contributed by atoms with E-state index in [1.165, 1.54) is 36.9 Å². The number of aryl methyl sites for hydroxylation is 3. The molecule has 0 aliphatic rings. The van der Waals surface area contributed by atoms with Crippen LogP contribution in [0.2, 0.25) is 0 Å². The molecule has 0 atom stereocenters. The number of hydrogen-bond acceptors (Lipinski definition) is 10. The minimum absolute atomic E-state index is 0.